The van der Waals surface area contributed by atoms with Crippen molar-refractivity contribution in [1.82, 2.24) is 0 Å². The minimum Gasteiger partial charge on any atom is -0.495 e. The van der Waals surface area contributed by atoms with Gasteiger partial charge in [-0.1, -0.05) is 12.1 Å². The van der Waals surface area contributed by atoms with E-state index in [9.17, 15) is 4.79 Å². The molecule has 0 fully saturated rings. The summed E-state index contributed by atoms with van der Waals surface area (Å²) in [5, 5.41) is 15.3. The fourth-order valence-corrected chi connectivity index (χ4v) is 3.10. The predicted octanol–water partition coefficient (Wildman–Crippen LogP) is 4.13. The molecule has 3 aromatic rings. The number of fused-ring (bicyclic) bond motifs is 2. The predicted molar refractivity (Wildman–Crippen MR) is 105 cm³/mol. The molecule has 1 amide bonds. The van der Waals surface area contributed by atoms with Crippen molar-refractivity contribution in [3.63, 3.8) is 0 Å². The number of carbonyl (C=O) groups excluding carboxylic acids is 1. The van der Waals surface area contributed by atoms with Gasteiger partial charge in [0.1, 0.15) is 11.8 Å². The summed E-state index contributed by atoms with van der Waals surface area (Å²) >= 11 is 0. The van der Waals surface area contributed by atoms with Crippen molar-refractivity contribution >= 4 is 28.7 Å². The molecule has 0 saturated carbocycles. The molecule has 0 spiro atoms. The van der Waals surface area contributed by atoms with E-state index >= 15 is 0 Å². The molecule has 1 heterocycles. The van der Waals surface area contributed by atoms with Crippen molar-refractivity contribution in [2.24, 2.45) is 0 Å². The molecular formula is C21H16N4O2. The molecule has 132 valence electrons. The van der Waals surface area contributed by atoms with Crippen LogP contribution in [0.3, 0.4) is 0 Å². The van der Waals surface area contributed by atoms with Gasteiger partial charge in [0.15, 0.2) is 0 Å². The number of amides is 1. The number of carbonyl (C=O) groups is 1. The Morgan fingerprint density at radius 1 is 0.926 bits per heavy atom. The summed E-state index contributed by atoms with van der Waals surface area (Å²) in [6.45, 7) is 0. The Morgan fingerprint density at radius 2 is 1.70 bits per heavy atom. The van der Waals surface area contributed by atoms with Crippen LogP contribution in [0.2, 0.25) is 0 Å². The zero-order valence-electron chi connectivity index (χ0n) is 14.5. The number of nitrogens with one attached hydrogen (secondary N) is 2. The van der Waals surface area contributed by atoms with Crippen LogP contribution in [-0.4, -0.2) is 13.0 Å². The van der Waals surface area contributed by atoms with Gasteiger partial charge in [-0.25, -0.2) is 0 Å². The molecular weight excluding hydrogens is 340 g/mol. The normalized spacial score (nSPS) is 11.9. The number of nitriles is 1. The summed E-state index contributed by atoms with van der Waals surface area (Å²) in [4.78, 5) is 12.6. The molecule has 4 N–H and O–H groups in total. The second-order valence-corrected chi connectivity index (χ2v) is 6.17. The average molecular weight is 356 g/mol. The van der Waals surface area contributed by atoms with Crippen LogP contribution in [0.5, 0.6) is 5.75 Å². The molecule has 0 radical (unpaired) electrons. The highest BCUT2D eigenvalue weighted by atomic mass is 16.5. The molecule has 1 aliphatic heterocycles. The smallest absolute Gasteiger partial charge is 0.257 e. The Bertz CT molecular complexity index is 1120. The monoisotopic (exact) mass is 356 g/mol. The maximum absolute atomic E-state index is 12.6. The first kappa shape index (κ1) is 16.5. The Balaban J connectivity index is 1.80. The second-order valence-electron chi connectivity index (χ2n) is 6.17. The summed E-state index contributed by atoms with van der Waals surface area (Å²) in [5.41, 5.74) is 11.3. The topological polar surface area (TPSA) is 100 Å². The molecule has 27 heavy (non-hydrogen) atoms. The largest absolute Gasteiger partial charge is 0.495 e. The molecule has 0 bridgehead atoms. The molecule has 0 atom stereocenters. The van der Waals surface area contributed by atoms with Crippen LogP contribution in [-0.2, 0) is 0 Å². The van der Waals surface area contributed by atoms with Gasteiger partial charge in [-0.05, 0) is 53.6 Å². The quantitative estimate of drug-likeness (QED) is 0.600. The molecule has 1 aliphatic rings. The number of nitrogens with zero attached hydrogens (tertiary/aromatic N) is 1. The first-order valence-corrected chi connectivity index (χ1v) is 8.29. The summed E-state index contributed by atoms with van der Waals surface area (Å²) in [6.07, 6.45) is 0. The SMILES string of the molecule is COc1cc(-c2ccc3c(c2)Nc2ccc(N)cc2NC3=O)ccc1C#N. The average Bonchev–Trinajstić information content (AvgIpc) is 2.82. The molecule has 0 unspecified atom stereocenters. The van der Waals surface area contributed by atoms with E-state index in [-0.39, 0.29) is 5.91 Å². The van der Waals surface area contributed by atoms with Gasteiger partial charge in [-0.15, -0.1) is 0 Å². The number of nitrogen functional groups attached to an aromatic ring is 1. The number of ether oxygens (including phenoxy) is 1. The van der Waals surface area contributed by atoms with Crippen molar-refractivity contribution in [2.45, 2.75) is 0 Å². The van der Waals surface area contributed by atoms with E-state index in [0.717, 1.165) is 16.8 Å². The van der Waals surface area contributed by atoms with E-state index in [4.69, 9.17) is 15.7 Å². The zero-order chi connectivity index (χ0) is 19.0. The Labute approximate surface area is 156 Å². The lowest BCUT2D eigenvalue weighted by atomic mass is 10.0. The standard InChI is InChI=1S/C21H16N4O2/c1-27-20-9-13(2-3-14(20)11-22)12-4-6-16-18(8-12)24-17-7-5-15(23)10-19(17)25-21(16)26/h2-10,24H,23H2,1H3,(H,25,26). The van der Waals surface area contributed by atoms with Crippen LogP contribution in [0, 0.1) is 11.3 Å². The highest BCUT2D eigenvalue weighted by Gasteiger charge is 2.20. The Morgan fingerprint density at radius 3 is 2.48 bits per heavy atom. The van der Waals surface area contributed by atoms with E-state index in [0.29, 0.717) is 33.9 Å². The Hall–Kier alpha value is -3.98. The van der Waals surface area contributed by atoms with E-state index in [2.05, 4.69) is 16.7 Å². The van der Waals surface area contributed by atoms with Gasteiger partial charge in [0, 0.05) is 5.69 Å². The molecule has 6 nitrogen and oxygen atoms in total. The zero-order valence-corrected chi connectivity index (χ0v) is 14.5. The van der Waals surface area contributed by atoms with Crippen LogP contribution in [0.1, 0.15) is 15.9 Å². The maximum Gasteiger partial charge on any atom is 0.257 e. The van der Waals surface area contributed by atoms with E-state index in [1.54, 1.807) is 24.3 Å². The fourth-order valence-electron chi connectivity index (χ4n) is 3.10. The van der Waals surface area contributed by atoms with E-state index in [1.807, 2.05) is 30.3 Å². The van der Waals surface area contributed by atoms with Crippen LogP contribution in [0.25, 0.3) is 11.1 Å². The summed E-state index contributed by atoms with van der Waals surface area (Å²) in [7, 11) is 1.53. The lowest BCUT2D eigenvalue weighted by Gasteiger charge is -2.12. The number of rotatable bonds is 2. The minimum absolute atomic E-state index is 0.203. The number of benzene rings is 3. The molecule has 0 saturated heterocycles. The van der Waals surface area contributed by atoms with Gasteiger partial charge >= 0.3 is 0 Å². The lowest BCUT2D eigenvalue weighted by Crippen LogP contribution is -2.10. The third-order valence-electron chi connectivity index (χ3n) is 4.48. The van der Waals surface area contributed by atoms with Crippen LogP contribution in [0.15, 0.2) is 54.6 Å². The van der Waals surface area contributed by atoms with Gasteiger partial charge in [-0.3, -0.25) is 4.79 Å². The van der Waals surface area contributed by atoms with Crippen molar-refractivity contribution in [1.29, 1.82) is 5.26 Å². The van der Waals surface area contributed by atoms with Crippen molar-refractivity contribution in [3.8, 4) is 22.9 Å². The number of hydrogen-bond acceptors (Lipinski definition) is 5. The first-order chi connectivity index (χ1) is 13.1. The van der Waals surface area contributed by atoms with Gasteiger partial charge in [0.25, 0.3) is 5.91 Å². The molecule has 6 heteroatoms. The molecule has 4 rings (SSSR count). The highest BCUT2D eigenvalue weighted by Crippen LogP contribution is 2.36. The van der Waals surface area contributed by atoms with Gasteiger partial charge in [0.2, 0.25) is 0 Å². The first-order valence-electron chi connectivity index (χ1n) is 8.29. The fraction of sp³-hybridized carbons (Fsp3) is 0.0476. The van der Waals surface area contributed by atoms with Crippen LogP contribution >= 0.6 is 0 Å². The number of hydrogen-bond donors (Lipinski definition) is 3. The van der Waals surface area contributed by atoms with Gasteiger partial charge in [0.05, 0.1) is 35.3 Å². The van der Waals surface area contributed by atoms with E-state index in [1.165, 1.54) is 7.11 Å². The Kier molecular flexibility index (Phi) is 3.90. The summed E-state index contributed by atoms with van der Waals surface area (Å²) < 4.78 is 5.29. The summed E-state index contributed by atoms with van der Waals surface area (Å²) in [5.74, 6) is 0.308. The van der Waals surface area contributed by atoms with Gasteiger partial charge in [-0.2, -0.15) is 5.26 Å². The van der Waals surface area contributed by atoms with Gasteiger partial charge < -0.3 is 21.1 Å². The number of anilines is 4. The minimum atomic E-state index is -0.203. The summed E-state index contributed by atoms with van der Waals surface area (Å²) in [6, 6.07) is 18.4. The van der Waals surface area contributed by atoms with E-state index < -0.39 is 0 Å². The lowest BCUT2D eigenvalue weighted by molar-refractivity contribution is 0.102. The van der Waals surface area contributed by atoms with Crippen LogP contribution in [0.4, 0.5) is 22.7 Å². The maximum atomic E-state index is 12.6. The van der Waals surface area contributed by atoms with Crippen molar-refractivity contribution < 1.29 is 9.53 Å². The number of methoxy groups -OCH3 is 1. The van der Waals surface area contributed by atoms with Crippen molar-refractivity contribution in [3.05, 3.63) is 65.7 Å². The highest BCUT2D eigenvalue weighted by molar-refractivity contribution is 6.12. The van der Waals surface area contributed by atoms with Crippen molar-refractivity contribution in [2.75, 3.05) is 23.5 Å². The second kappa shape index (κ2) is 6.39. The number of nitrogens with two attached hydrogens (primary N) is 1. The third kappa shape index (κ3) is 2.92. The molecule has 0 aromatic heterocycles. The third-order valence-corrected chi connectivity index (χ3v) is 4.48. The van der Waals surface area contributed by atoms with Crippen LogP contribution < -0.4 is 21.1 Å². The molecule has 0 aliphatic carbocycles. The molecule has 3 aromatic carbocycles.